The first-order valence-corrected chi connectivity index (χ1v) is 6.97. The third-order valence-electron chi connectivity index (χ3n) is 1.97. The van der Waals surface area contributed by atoms with Crippen molar-refractivity contribution >= 4 is 23.9 Å². The zero-order valence-electron chi connectivity index (χ0n) is 14.0. The molecule has 0 aromatic rings. The van der Waals surface area contributed by atoms with Crippen LogP contribution in [0, 0.1) is 11.8 Å². The molecule has 10 nitrogen and oxygen atoms in total. The van der Waals surface area contributed by atoms with Gasteiger partial charge in [-0.2, -0.15) is 0 Å². The van der Waals surface area contributed by atoms with Crippen molar-refractivity contribution < 1.29 is 49.8 Å². The van der Waals surface area contributed by atoms with Gasteiger partial charge in [0.1, 0.15) is 0 Å². The molecule has 0 bridgehead atoms. The fraction of sp³-hybridized carbons (Fsp3) is 0.714. The van der Waals surface area contributed by atoms with Crippen molar-refractivity contribution in [3.05, 3.63) is 0 Å². The van der Waals surface area contributed by atoms with E-state index >= 15 is 0 Å². The summed E-state index contributed by atoms with van der Waals surface area (Å²) in [5, 5.41) is 48.7. The highest BCUT2D eigenvalue weighted by atomic mass is 16.4. The van der Waals surface area contributed by atoms with Crippen molar-refractivity contribution in [2.45, 2.75) is 52.7 Å². The smallest absolute Gasteiger partial charge is 0.335 e. The Hall–Kier alpha value is -2.20. The molecule has 0 spiro atoms. The molecule has 0 aromatic carbocycles. The number of hydrogen-bond donors (Lipinski definition) is 6. The van der Waals surface area contributed by atoms with E-state index in [1.807, 2.05) is 27.7 Å². The van der Waals surface area contributed by atoms with E-state index in [0.717, 1.165) is 0 Å². The van der Waals surface area contributed by atoms with Gasteiger partial charge in [0.2, 0.25) is 0 Å². The summed E-state index contributed by atoms with van der Waals surface area (Å²) in [5.74, 6) is -4.41. The van der Waals surface area contributed by atoms with Gasteiger partial charge in [-0.15, -0.1) is 0 Å². The lowest BCUT2D eigenvalue weighted by Gasteiger charge is -2.07. The Morgan fingerprint density at radius 2 is 0.833 bits per heavy atom. The lowest BCUT2D eigenvalue weighted by molar-refractivity contribution is -0.165. The first-order chi connectivity index (χ1) is 10.7. The van der Waals surface area contributed by atoms with Gasteiger partial charge in [-0.3, -0.25) is 9.59 Å². The zero-order chi connectivity index (χ0) is 20.0. The van der Waals surface area contributed by atoms with Crippen LogP contribution in [0.25, 0.3) is 0 Å². The Morgan fingerprint density at radius 3 is 0.875 bits per heavy atom. The minimum atomic E-state index is -2.27. The van der Waals surface area contributed by atoms with E-state index < -0.39 is 36.1 Å². The van der Waals surface area contributed by atoms with Gasteiger partial charge >= 0.3 is 23.9 Å². The Morgan fingerprint density at radius 1 is 0.625 bits per heavy atom. The lowest BCUT2D eigenvalue weighted by atomic mass is 10.1. The van der Waals surface area contributed by atoms with Crippen LogP contribution < -0.4 is 0 Å². The average molecular weight is 354 g/mol. The van der Waals surface area contributed by atoms with Gasteiger partial charge in [0, 0.05) is 12.8 Å². The number of rotatable bonds is 7. The second kappa shape index (κ2) is 14.4. The quantitative estimate of drug-likeness (QED) is 0.366. The molecule has 0 saturated heterocycles. The molecule has 0 amide bonds. The molecule has 0 aliphatic carbocycles. The van der Waals surface area contributed by atoms with E-state index in [1.165, 1.54) is 0 Å². The monoisotopic (exact) mass is 354 g/mol. The second-order valence-electron chi connectivity index (χ2n) is 5.55. The molecule has 0 fully saturated rings. The van der Waals surface area contributed by atoms with Crippen LogP contribution in [-0.2, 0) is 19.2 Å². The van der Waals surface area contributed by atoms with Crippen LogP contribution in [0.15, 0.2) is 0 Å². The molecule has 0 radical (unpaired) electrons. The molecule has 0 heterocycles. The number of aliphatic carboxylic acids is 4. The number of carboxylic acid groups (broad SMARTS) is 4. The maximum atomic E-state index is 9.81. The van der Waals surface area contributed by atoms with Crippen molar-refractivity contribution in [1.82, 2.24) is 0 Å². The van der Waals surface area contributed by atoms with Crippen molar-refractivity contribution in [1.29, 1.82) is 0 Å². The van der Waals surface area contributed by atoms with Crippen molar-refractivity contribution in [2.24, 2.45) is 11.8 Å². The lowest BCUT2D eigenvalue weighted by Crippen LogP contribution is -2.39. The molecule has 0 aliphatic heterocycles. The van der Waals surface area contributed by atoms with E-state index in [9.17, 15) is 19.2 Å². The molecule has 0 aliphatic rings. The Bertz CT molecular complexity index is 364. The molecule has 142 valence electrons. The SMILES string of the molecule is CC(C)CC(=O)O.CC(C)CC(=O)O.O=C(O)C(O)C(O)C(=O)O. The summed E-state index contributed by atoms with van der Waals surface area (Å²) in [6.07, 6.45) is -3.98. The van der Waals surface area contributed by atoms with Crippen LogP contribution in [0.3, 0.4) is 0 Å². The van der Waals surface area contributed by atoms with E-state index in [1.54, 1.807) is 0 Å². The van der Waals surface area contributed by atoms with Gasteiger partial charge in [0.25, 0.3) is 0 Å². The highest BCUT2D eigenvalue weighted by molar-refractivity contribution is 5.83. The number of carboxylic acids is 4. The zero-order valence-corrected chi connectivity index (χ0v) is 14.0. The number of hydrogen-bond acceptors (Lipinski definition) is 6. The number of aliphatic hydroxyl groups is 2. The normalized spacial score (nSPS) is 12.2. The molecule has 0 aromatic heterocycles. The predicted octanol–water partition coefficient (Wildman–Crippen LogP) is 0.112. The van der Waals surface area contributed by atoms with Crippen LogP contribution in [0.5, 0.6) is 0 Å². The Kier molecular flexibility index (Phi) is 16.0. The van der Waals surface area contributed by atoms with Crippen molar-refractivity contribution in [3.63, 3.8) is 0 Å². The fourth-order valence-corrected chi connectivity index (χ4v) is 0.969. The summed E-state index contributed by atoms with van der Waals surface area (Å²) in [6.45, 7) is 7.53. The molecule has 10 heteroatoms. The molecule has 6 N–H and O–H groups in total. The maximum Gasteiger partial charge on any atom is 0.335 e. The first kappa shape index (κ1) is 26.7. The third kappa shape index (κ3) is 22.1. The summed E-state index contributed by atoms with van der Waals surface area (Å²) < 4.78 is 0. The van der Waals surface area contributed by atoms with E-state index in [0.29, 0.717) is 0 Å². The maximum absolute atomic E-state index is 9.81. The van der Waals surface area contributed by atoms with Gasteiger partial charge in [-0.1, -0.05) is 27.7 Å². The van der Waals surface area contributed by atoms with Crippen molar-refractivity contribution in [3.8, 4) is 0 Å². The highest BCUT2D eigenvalue weighted by Crippen LogP contribution is 1.97. The van der Waals surface area contributed by atoms with Gasteiger partial charge < -0.3 is 30.6 Å². The van der Waals surface area contributed by atoms with Crippen LogP contribution in [-0.4, -0.2) is 66.7 Å². The predicted molar refractivity (Wildman–Crippen MR) is 81.5 cm³/mol. The molecule has 0 rings (SSSR count). The molecule has 0 saturated carbocycles. The van der Waals surface area contributed by atoms with E-state index in [4.69, 9.17) is 30.6 Å². The van der Waals surface area contributed by atoms with Crippen LogP contribution >= 0.6 is 0 Å². The fourth-order valence-electron chi connectivity index (χ4n) is 0.969. The Labute approximate surface area is 139 Å². The van der Waals surface area contributed by atoms with E-state index in [-0.39, 0.29) is 24.7 Å². The largest absolute Gasteiger partial charge is 0.481 e. The average Bonchev–Trinajstić information content (AvgIpc) is 2.34. The number of aliphatic hydroxyl groups excluding tert-OH is 2. The van der Waals surface area contributed by atoms with Gasteiger partial charge in [0.05, 0.1) is 0 Å². The van der Waals surface area contributed by atoms with Crippen LogP contribution in [0.1, 0.15) is 40.5 Å². The second-order valence-corrected chi connectivity index (χ2v) is 5.55. The standard InChI is InChI=1S/2C5H10O2.C4H6O6/c2*1-4(2)3-5(6)7;5-1(3(7)8)2(6)4(9)10/h2*4H,3H2,1-2H3,(H,6,7);1-2,5-6H,(H,7,8)(H,9,10). The van der Waals surface area contributed by atoms with Crippen molar-refractivity contribution in [2.75, 3.05) is 0 Å². The van der Waals surface area contributed by atoms with Gasteiger partial charge in [-0.05, 0) is 11.8 Å². The van der Waals surface area contributed by atoms with Gasteiger partial charge in [0.15, 0.2) is 12.2 Å². The first-order valence-electron chi connectivity index (χ1n) is 6.97. The van der Waals surface area contributed by atoms with Crippen LogP contribution in [0.4, 0.5) is 0 Å². The summed E-state index contributed by atoms with van der Waals surface area (Å²) in [7, 11) is 0. The summed E-state index contributed by atoms with van der Waals surface area (Å²) in [4.78, 5) is 39.2. The minimum absolute atomic E-state index is 0.275. The highest BCUT2D eigenvalue weighted by Gasteiger charge is 2.29. The van der Waals surface area contributed by atoms with Gasteiger partial charge in [-0.25, -0.2) is 9.59 Å². The summed E-state index contributed by atoms with van der Waals surface area (Å²) >= 11 is 0. The van der Waals surface area contributed by atoms with E-state index in [2.05, 4.69) is 0 Å². The minimum Gasteiger partial charge on any atom is -0.481 e. The molecule has 2 atom stereocenters. The number of carbonyl (C=O) groups is 4. The third-order valence-corrected chi connectivity index (χ3v) is 1.97. The molecular weight excluding hydrogens is 328 g/mol. The Balaban J connectivity index is -0.000000283. The summed E-state index contributed by atoms with van der Waals surface area (Å²) in [5.41, 5.74) is 0. The molecule has 2 unspecified atom stereocenters. The summed E-state index contributed by atoms with van der Waals surface area (Å²) in [6, 6.07) is 0. The van der Waals surface area contributed by atoms with Crippen LogP contribution in [0.2, 0.25) is 0 Å². The topological polar surface area (TPSA) is 190 Å². The molecule has 24 heavy (non-hydrogen) atoms. The molecular formula is C14H26O10.